The van der Waals surface area contributed by atoms with Crippen LogP contribution in [-0.2, 0) is 11.2 Å². The lowest BCUT2D eigenvalue weighted by molar-refractivity contribution is -0.143. The van der Waals surface area contributed by atoms with Crippen molar-refractivity contribution in [3.63, 3.8) is 0 Å². The van der Waals surface area contributed by atoms with Gasteiger partial charge in [0.1, 0.15) is 5.69 Å². The second-order valence-electron chi connectivity index (χ2n) is 6.47. The van der Waals surface area contributed by atoms with Gasteiger partial charge in [-0.3, -0.25) is 4.79 Å². The van der Waals surface area contributed by atoms with Crippen LogP contribution in [0.25, 0.3) is 11.0 Å². The average Bonchev–Trinajstić information content (AvgIpc) is 2.89. The molecule has 22 heavy (non-hydrogen) atoms. The molecule has 2 saturated heterocycles. The summed E-state index contributed by atoms with van der Waals surface area (Å²) in [7, 11) is 0. The normalized spacial score (nSPS) is 28.0. The Kier molecular flexibility index (Phi) is 3.37. The van der Waals surface area contributed by atoms with Crippen molar-refractivity contribution in [2.45, 2.75) is 56.7 Å². The molecule has 1 amide bonds. The highest BCUT2D eigenvalue weighted by molar-refractivity contribution is 5.86. The lowest BCUT2D eigenvalue weighted by Gasteiger charge is -2.47. The Balaban J connectivity index is 1.57. The number of nitrogens with zero attached hydrogens (tertiary/aromatic N) is 2. The summed E-state index contributed by atoms with van der Waals surface area (Å²) in [5.74, 6) is 0.112. The number of rotatable bonds is 2. The molecule has 1 unspecified atom stereocenters. The number of aliphatic hydroxyl groups is 1. The summed E-state index contributed by atoms with van der Waals surface area (Å²) in [4.78, 5) is 14.8. The molecule has 3 atom stereocenters. The fraction of sp³-hybridized carbons (Fsp3) is 0.529. The summed E-state index contributed by atoms with van der Waals surface area (Å²) in [6.07, 6.45) is 4.59. The number of benzene rings is 1. The number of carbonyl (C=O) groups excluding carboxylic acids is 1. The van der Waals surface area contributed by atoms with Crippen molar-refractivity contribution in [1.82, 2.24) is 10.1 Å². The fourth-order valence-corrected chi connectivity index (χ4v) is 4.06. The van der Waals surface area contributed by atoms with E-state index in [9.17, 15) is 9.90 Å². The van der Waals surface area contributed by atoms with Crippen LogP contribution >= 0.6 is 0 Å². The number of carbonyl (C=O) groups is 1. The van der Waals surface area contributed by atoms with Gasteiger partial charge in [0.2, 0.25) is 5.91 Å². The first-order valence-electron chi connectivity index (χ1n) is 8.05. The number of aromatic nitrogens is 1. The van der Waals surface area contributed by atoms with Crippen molar-refractivity contribution >= 4 is 16.9 Å². The molecule has 0 aliphatic carbocycles. The van der Waals surface area contributed by atoms with Gasteiger partial charge in [0.15, 0.2) is 5.58 Å². The van der Waals surface area contributed by atoms with Gasteiger partial charge in [-0.25, -0.2) is 0 Å². The molecule has 0 saturated carbocycles. The standard InChI is InChI=1S/C17H20N2O3/c20-13-8-11-4-3-5-12(9-13)19(11)17(21)10-15-14-6-1-2-7-16(14)22-18-15/h1-2,6-7,11-13,20H,3-5,8-10H2/t11-,12+,13?. The molecular weight excluding hydrogens is 280 g/mol. The van der Waals surface area contributed by atoms with E-state index >= 15 is 0 Å². The number of hydrogen-bond acceptors (Lipinski definition) is 4. The largest absolute Gasteiger partial charge is 0.393 e. The first-order chi connectivity index (χ1) is 10.7. The molecule has 4 rings (SSSR count). The topological polar surface area (TPSA) is 66.6 Å². The summed E-state index contributed by atoms with van der Waals surface area (Å²) < 4.78 is 5.29. The van der Waals surface area contributed by atoms with Crippen LogP contribution in [0.5, 0.6) is 0 Å². The van der Waals surface area contributed by atoms with Crippen molar-refractivity contribution < 1.29 is 14.4 Å². The summed E-state index contributed by atoms with van der Waals surface area (Å²) in [5, 5.41) is 14.9. The quantitative estimate of drug-likeness (QED) is 0.924. The summed E-state index contributed by atoms with van der Waals surface area (Å²) in [5.41, 5.74) is 1.43. The molecular formula is C17H20N2O3. The second kappa shape index (κ2) is 5.39. The van der Waals surface area contributed by atoms with Crippen LogP contribution < -0.4 is 0 Å². The van der Waals surface area contributed by atoms with E-state index in [-0.39, 0.29) is 30.5 Å². The average molecular weight is 300 g/mol. The number of aliphatic hydroxyl groups excluding tert-OH is 1. The first-order valence-corrected chi connectivity index (χ1v) is 8.05. The van der Waals surface area contributed by atoms with Crippen molar-refractivity contribution in [1.29, 1.82) is 0 Å². The molecule has 2 fully saturated rings. The van der Waals surface area contributed by atoms with Crippen LogP contribution in [0.1, 0.15) is 37.8 Å². The van der Waals surface area contributed by atoms with Crippen LogP contribution in [0.4, 0.5) is 0 Å². The number of amides is 1. The van der Waals surface area contributed by atoms with Gasteiger partial charge in [0.05, 0.1) is 12.5 Å². The van der Waals surface area contributed by atoms with E-state index in [0.29, 0.717) is 18.5 Å². The van der Waals surface area contributed by atoms with Gasteiger partial charge >= 0.3 is 0 Å². The zero-order valence-corrected chi connectivity index (χ0v) is 12.4. The third-order valence-electron chi connectivity index (χ3n) is 5.01. The number of piperidine rings is 2. The highest BCUT2D eigenvalue weighted by Crippen LogP contribution is 2.34. The monoisotopic (exact) mass is 300 g/mol. The molecule has 1 N–H and O–H groups in total. The number of hydrogen-bond donors (Lipinski definition) is 1. The summed E-state index contributed by atoms with van der Waals surface area (Å²) >= 11 is 0. The first kappa shape index (κ1) is 13.8. The Morgan fingerprint density at radius 2 is 2.00 bits per heavy atom. The molecule has 5 nitrogen and oxygen atoms in total. The van der Waals surface area contributed by atoms with Crippen molar-refractivity contribution in [3.05, 3.63) is 30.0 Å². The third-order valence-corrected chi connectivity index (χ3v) is 5.01. The molecule has 116 valence electrons. The smallest absolute Gasteiger partial charge is 0.229 e. The maximum absolute atomic E-state index is 12.8. The molecule has 0 spiro atoms. The Bertz CT molecular complexity index is 682. The van der Waals surface area contributed by atoms with E-state index in [2.05, 4.69) is 5.16 Å². The van der Waals surface area contributed by atoms with E-state index in [0.717, 1.165) is 30.2 Å². The minimum atomic E-state index is -0.257. The second-order valence-corrected chi connectivity index (χ2v) is 6.47. The maximum atomic E-state index is 12.8. The SMILES string of the molecule is O=C(Cc1noc2ccccc12)N1[C@@H]2CCC[C@H]1CC(O)C2. The summed E-state index contributed by atoms with van der Waals surface area (Å²) in [6.45, 7) is 0. The molecule has 2 bridgehead atoms. The molecule has 2 aliphatic heterocycles. The lowest BCUT2D eigenvalue weighted by atomic mass is 9.82. The van der Waals surface area contributed by atoms with E-state index < -0.39 is 0 Å². The lowest BCUT2D eigenvalue weighted by Crippen LogP contribution is -2.56. The Morgan fingerprint density at radius 1 is 1.27 bits per heavy atom. The van der Waals surface area contributed by atoms with E-state index in [1.807, 2.05) is 29.2 Å². The van der Waals surface area contributed by atoms with Crippen LogP contribution in [0.3, 0.4) is 0 Å². The number of para-hydroxylation sites is 1. The van der Waals surface area contributed by atoms with Gasteiger partial charge < -0.3 is 14.5 Å². The van der Waals surface area contributed by atoms with Crippen LogP contribution in [0.2, 0.25) is 0 Å². The minimum Gasteiger partial charge on any atom is -0.393 e. The zero-order chi connectivity index (χ0) is 15.1. The summed E-state index contributed by atoms with van der Waals surface area (Å²) in [6, 6.07) is 8.01. The van der Waals surface area contributed by atoms with Crippen molar-refractivity contribution in [2.75, 3.05) is 0 Å². The van der Waals surface area contributed by atoms with E-state index in [1.54, 1.807) is 0 Å². The molecule has 0 radical (unpaired) electrons. The van der Waals surface area contributed by atoms with E-state index in [1.165, 1.54) is 0 Å². The van der Waals surface area contributed by atoms with Gasteiger partial charge in [0.25, 0.3) is 0 Å². The Hall–Kier alpha value is -1.88. The molecule has 3 heterocycles. The zero-order valence-electron chi connectivity index (χ0n) is 12.4. The van der Waals surface area contributed by atoms with Crippen molar-refractivity contribution in [3.8, 4) is 0 Å². The van der Waals surface area contributed by atoms with Crippen LogP contribution in [0, 0.1) is 0 Å². The van der Waals surface area contributed by atoms with Gasteiger partial charge in [-0.1, -0.05) is 17.3 Å². The predicted molar refractivity (Wildman–Crippen MR) is 81.2 cm³/mol. The highest BCUT2D eigenvalue weighted by atomic mass is 16.5. The van der Waals surface area contributed by atoms with Gasteiger partial charge in [0, 0.05) is 17.5 Å². The molecule has 2 aromatic rings. The predicted octanol–water partition coefficient (Wildman–Crippen LogP) is 2.27. The van der Waals surface area contributed by atoms with Gasteiger partial charge in [-0.05, 0) is 44.2 Å². The van der Waals surface area contributed by atoms with Crippen molar-refractivity contribution in [2.24, 2.45) is 0 Å². The highest BCUT2D eigenvalue weighted by Gasteiger charge is 2.40. The third kappa shape index (κ3) is 2.29. The van der Waals surface area contributed by atoms with E-state index in [4.69, 9.17) is 4.52 Å². The Morgan fingerprint density at radius 3 is 2.77 bits per heavy atom. The van der Waals surface area contributed by atoms with Gasteiger partial charge in [-0.2, -0.15) is 0 Å². The molecule has 2 aliphatic rings. The molecule has 1 aromatic heterocycles. The number of fused-ring (bicyclic) bond motifs is 3. The van der Waals surface area contributed by atoms with Crippen LogP contribution in [0.15, 0.2) is 28.8 Å². The van der Waals surface area contributed by atoms with Gasteiger partial charge in [-0.15, -0.1) is 0 Å². The molecule has 1 aromatic carbocycles. The minimum absolute atomic E-state index is 0.112. The fourth-order valence-electron chi connectivity index (χ4n) is 4.06. The Labute approximate surface area is 128 Å². The maximum Gasteiger partial charge on any atom is 0.229 e. The van der Waals surface area contributed by atoms with Crippen LogP contribution in [-0.4, -0.2) is 39.3 Å². The molecule has 5 heteroatoms.